The summed E-state index contributed by atoms with van der Waals surface area (Å²) in [6, 6.07) is 1.72. The Morgan fingerprint density at radius 1 is 1.33 bits per heavy atom. The first-order valence-corrected chi connectivity index (χ1v) is 9.18. The summed E-state index contributed by atoms with van der Waals surface area (Å²) in [5.41, 5.74) is -0.634. The number of aliphatic hydroxyl groups is 1. The molecule has 2 rings (SSSR count). The molecule has 2 N–H and O–H groups in total. The third kappa shape index (κ3) is 3.94. The highest BCUT2D eigenvalue weighted by atomic mass is 32.2. The van der Waals surface area contributed by atoms with Gasteiger partial charge >= 0.3 is 0 Å². The number of halogens is 2. The van der Waals surface area contributed by atoms with Crippen LogP contribution in [0.1, 0.15) is 24.8 Å². The maximum absolute atomic E-state index is 14.0. The molecule has 1 aromatic carbocycles. The van der Waals surface area contributed by atoms with E-state index in [0.717, 1.165) is 37.1 Å². The molecule has 0 saturated carbocycles. The van der Waals surface area contributed by atoms with Gasteiger partial charge in [-0.1, -0.05) is 6.42 Å². The monoisotopic (exact) mass is 337 g/mol. The molecule has 0 aliphatic carbocycles. The molecule has 8 heteroatoms. The molecule has 1 fully saturated rings. The maximum atomic E-state index is 14.0. The number of sulfonamides is 1. The lowest BCUT2D eigenvalue weighted by Crippen LogP contribution is -2.32. The fraction of sp³-hybridized carbons (Fsp3) is 0.538. The molecule has 0 spiro atoms. The van der Waals surface area contributed by atoms with E-state index in [0.29, 0.717) is 0 Å². The predicted molar refractivity (Wildman–Crippen MR) is 77.6 cm³/mol. The van der Waals surface area contributed by atoms with Crippen molar-refractivity contribution in [1.29, 1.82) is 0 Å². The molecule has 1 aliphatic rings. The summed E-state index contributed by atoms with van der Waals surface area (Å²) in [7, 11) is -4.06. The van der Waals surface area contributed by atoms with E-state index in [1.807, 2.05) is 0 Å². The highest BCUT2D eigenvalue weighted by Crippen LogP contribution is 2.25. The molecule has 1 unspecified atom stereocenters. The first-order chi connectivity index (χ1) is 9.95. The number of thioether (sulfide) groups is 1. The van der Waals surface area contributed by atoms with Crippen molar-refractivity contribution in [3.05, 3.63) is 29.3 Å². The molecule has 4 nitrogen and oxygen atoms in total. The number of hydrogen-bond acceptors (Lipinski definition) is 4. The highest BCUT2D eigenvalue weighted by molar-refractivity contribution is 8.00. The third-order valence-corrected chi connectivity index (χ3v) is 6.21. The van der Waals surface area contributed by atoms with Gasteiger partial charge in [0.25, 0.3) is 0 Å². The lowest BCUT2D eigenvalue weighted by atomic mass is 10.2. The van der Waals surface area contributed by atoms with Gasteiger partial charge in [0.15, 0.2) is 5.82 Å². The van der Waals surface area contributed by atoms with Crippen molar-refractivity contribution in [1.82, 2.24) is 4.72 Å². The molecule has 21 heavy (non-hydrogen) atoms. The molecule has 0 aromatic heterocycles. The Kier molecular flexibility index (Phi) is 5.59. The molecule has 1 saturated heterocycles. The van der Waals surface area contributed by atoms with Crippen LogP contribution in [0.25, 0.3) is 0 Å². The fourth-order valence-electron chi connectivity index (χ4n) is 2.18. The number of nitrogens with one attached hydrogen (secondary N) is 1. The van der Waals surface area contributed by atoms with Crippen LogP contribution in [0.5, 0.6) is 0 Å². The molecule has 1 heterocycles. The highest BCUT2D eigenvalue weighted by Gasteiger charge is 2.24. The van der Waals surface area contributed by atoms with Crippen LogP contribution in [-0.2, 0) is 16.6 Å². The molecule has 0 amide bonds. The third-order valence-electron chi connectivity index (χ3n) is 3.37. The van der Waals surface area contributed by atoms with E-state index < -0.39 is 38.7 Å². The van der Waals surface area contributed by atoms with Crippen molar-refractivity contribution >= 4 is 21.8 Å². The largest absolute Gasteiger partial charge is 0.391 e. The number of benzene rings is 1. The minimum Gasteiger partial charge on any atom is -0.391 e. The van der Waals surface area contributed by atoms with Gasteiger partial charge in [-0.2, -0.15) is 11.8 Å². The van der Waals surface area contributed by atoms with Crippen LogP contribution >= 0.6 is 11.8 Å². The molecule has 1 aliphatic heterocycles. The zero-order chi connectivity index (χ0) is 15.5. The summed E-state index contributed by atoms with van der Waals surface area (Å²) in [6.07, 6.45) is 3.10. The first-order valence-electron chi connectivity index (χ1n) is 6.64. The smallest absolute Gasteiger partial charge is 0.243 e. The van der Waals surface area contributed by atoms with Crippen molar-refractivity contribution in [2.75, 3.05) is 12.3 Å². The van der Waals surface area contributed by atoms with Crippen LogP contribution in [-0.4, -0.2) is 31.1 Å². The van der Waals surface area contributed by atoms with Gasteiger partial charge in [0.1, 0.15) is 10.7 Å². The van der Waals surface area contributed by atoms with Gasteiger partial charge in [-0.05, 0) is 30.7 Å². The average Bonchev–Trinajstić information content (AvgIpc) is 2.46. The zero-order valence-electron chi connectivity index (χ0n) is 11.3. The van der Waals surface area contributed by atoms with Crippen LogP contribution in [0.15, 0.2) is 17.0 Å². The Hall–Kier alpha value is -0.700. The molecule has 118 valence electrons. The van der Waals surface area contributed by atoms with Crippen LogP contribution in [0.3, 0.4) is 0 Å². The Labute approximate surface area is 127 Å². The summed E-state index contributed by atoms with van der Waals surface area (Å²) in [6.45, 7) is -0.669. The number of aliphatic hydroxyl groups excluding tert-OH is 1. The number of hydrogen-bond donors (Lipinski definition) is 2. The Morgan fingerprint density at radius 2 is 2.10 bits per heavy atom. The van der Waals surface area contributed by atoms with Crippen LogP contribution < -0.4 is 4.72 Å². The van der Waals surface area contributed by atoms with E-state index >= 15 is 0 Å². The van der Waals surface area contributed by atoms with Crippen molar-refractivity contribution in [2.24, 2.45) is 0 Å². The average molecular weight is 337 g/mol. The van der Waals surface area contributed by atoms with Gasteiger partial charge in [-0.25, -0.2) is 21.9 Å². The molecular formula is C13H17F2NO3S2. The summed E-state index contributed by atoms with van der Waals surface area (Å²) in [4.78, 5) is -0.631. The van der Waals surface area contributed by atoms with Gasteiger partial charge in [0.05, 0.1) is 12.2 Å². The van der Waals surface area contributed by atoms with Gasteiger partial charge in [-0.15, -0.1) is 0 Å². The molecule has 1 aromatic rings. The van der Waals surface area contributed by atoms with Gasteiger partial charge in [0, 0.05) is 11.8 Å². The van der Waals surface area contributed by atoms with E-state index in [4.69, 9.17) is 5.11 Å². The Bertz CT molecular complexity index is 602. The van der Waals surface area contributed by atoms with E-state index in [2.05, 4.69) is 4.72 Å². The topological polar surface area (TPSA) is 66.4 Å². The van der Waals surface area contributed by atoms with Gasteiger partial charge in [-0.3, -0.25) is 0 Å². The lowest BCUT2D eigenvalue weighted by molar-refractivity contribution is 0.267. The molecule has 1 atom stereocenters. The molecular weight excluding hydrogens is 320 g/mol. The second-order valence-corrected chi connectivity index (χ2v) is 7.98. The standard InChI is InChI=1S/C13H17F2NO3S2/c14-11-4-5-12(13(15)10(11)8-17)21(18,19)16-7-9-3-1-2-6-20-9/h4-5,9,16-17H,1-3,6-8H2. The van der Waals surface area contributed by atoms with Crippen LogP contribution in [0.2, 0.25) is 0 Å². The summed E-state index contributed by atoms with van der Waals surface area (Å²) < 4.78 is 53.8. The van der Waals surface area contributed by atoms with Gasteiger partial charge in [0.2, 0.25) is 10.0 Å². The number of rotatable bonds is 5. The van der Waals surface area contributed by atoms with Crippen LogP contribution in [0.4, 0.5) is 8.78 Å². The van der Waals surface area contributed by atoms with Crippen molar-refractivity contribution in [2.45, 2.75) is 36.0 Å². The predicted octanol–water partition coefficient (Wildman–Crippen LogP) is 2.02. The van der Waals surface area contributed by atoms with Gasteiger partial charge < -0.3 is 5.11 Å². The lowest BCUT2D eigenvalue weighted by Gasteiger charge is -2.21. The van der Waals surface area contributed by atoms with E-state index in [1.165, 1.54) is 0 Å². The van der Waals surface area contributed by atoms with Crippen molar-refractivity contribution in [3.63, 3.8) is 0 Å². The van der Waals surface area contributed by atoms with E-state index in [1.54, 1.807) is 11.8 Å². The zero-order valence-corrected chi connectivity index (χ0v) is 12.9. The van der Waals surface area contributed by atoms with Crippen LogP contribution in [0, 0.1) is 11.6 Å². The molecule has 0 radical (unpaired) electrons. The quantitative estimate of drug-likeness (QED) is 0.863. The minimum absolute atomic E-state index is 0.175. The van der Waals surface area contributed by atoms with E-state index in [9.17, 15) is 17.2 Å². The molecule has 0 bridgehead atoms. The summed E-state index contributed by atoms with van der Waals surface area (Å²) in [5.74, 6) is -1.20. The minimum atomic E-state index is -4.06. The first kappa shape index (κ1) is 16.7. The Balaban J connectivity index is 2.15. The normalized spacial score (nSPS) is 19.7. The van der Waals surface area contributed by atoms with E-state index in [-0.39, 0.29) is 11.8 Å². The summed E-state index contributed by atoms with van der Waals surface area (Å²) >= 11 is 1.69. The Morgan fingerprint density at radius 3 is 2.71 bits per heavy atom. The summed E-state index contributed by atoms with van der Waals surface area (Å²) in [5, 5.41) is 9.10. The maximum Gasteiger partial charge on any atom is 0.243 e. The SMILES string of the molecule is O=S(=O)(NCC1CCCCS1)c1ccc(F)c(CO)c1F. The second-order valence-electron chi connectivity index (χ2n) is 4.84. The second kappa shape index (κ2) is 7.04. The fourth-order valence-corrected chi connectivity index (χ4v) is 4.70. The van der Waals surface area contributed by atoms with Crippen molar-refractivity contribution < 1.29 is 22.3 Å². The van der Waals surface area contributed by atoms with Crippen molar-refractivity contribution in [3.8, 4) is 0 Å².